The molecule has 0 aliphatic carbocycles. The van der Waals surface area contributed by atoms with Crippen LogP contribution in [0.3, 0.4) is 0 Å². The first kappa shape index (κ1) is 23.5. The van der Waals surface area contributed by atoms with Crippen LogP contribution < -0.4 is 10.3 Å². The molecule has 1 N–H and O–H groups in total. The summed E-state index contributed by atoms with van der Waals surface area (Å²) in [5.74, 6) is -0.541. The smallest absolute Gasteiger partial charge is 0.271 e. The Hall–Kier alpha value is -2.82. The largest absolute Gasteiger partial charge is 0.494 e. The molecule has 0 aliphatic heterocycles. The summed E-state index contributed by atoms with van der Waals surface area (Å²) in [6.45, 7) is 7.66. The van der Waals surface area contributed by atoms with E-state index in [0.717, 1.165) is 15.7 Å². The molecule has 0 radical (unpaired) electrons. The number of ether oxygens (including phenoxy) is 2. The first-order valence-corrected chi connectivity index (χ1v) is 9.97. The summed E-state index contributed by atoms with van der Waals surface area (Å²) in [6.07, 6.45) is 0.447. The van der Waals surface area contributed by atoms with E-state index in [0.29, 0.717) is 30.4 Å². The lowest BCUT2D eigenvalue weighted by atomic mass is 10.0. The Balaban J connectivity index is 2.34. The summed E-state index contributed by atoms with van der Waals surface area (Å²) in [5, 5.41) is 20.7. The minimum Gasteiger partial charge on any atom is -0.494 e. The highest BCUT2D eigenvalue weighted by atomic mass is 35.5. The lowest BCUT2D eigenvalue weighted by Crippen LogP contribution is -2.28. The van der Waals surface area contributed by atoms with Gasteiger partial charge in [0.1, 0.15) is 17.4 Å². The molecule has 1 aromatic heterocycles. The fourth-order valence-electron chi connectivity index (χ4n) is 3.17. The standard InChI is InChI=1S/C22H25ClN2O5/c1-5-29-8-6-7-25-21(27)17(11-24)15(4)19(22(25)28)18(26)12-30-16-9-13(2)20(23)14(3)10-16/h9-10,28H,5-8,12H2,1-4H3. The van der Waals surface area contributed by atoms with Gasteiger partial charge in [-0.1, -0.05) is 11.6 Å². The Bertz CT molecular complexity index is 1030. The van der Waals surface area contributed by atoms with Crippen molar-refractivity contribution in [3.05, 3.63) is 55.3 Å². The van der Waals surface area contributed by atoms with Crippen LogP contribution in [0.1, 0.15) is 46.0 Å². The second-order valence-corrected chi connectivity index (χ2v) is 7.28. The quantitative estimate of drug-likeness (QED) is 0.479. The number of Topliss-reactive ketones (excluding diaryl/α,β-unsaturated/α-hetero) is 1. The Kier molecular flexibility index (Phi) is 8.04. The van der Waals surface area contributed by atoms with Crippen LogP contribution in [0.15, 0.2) is 16.9 Å². The van der Waals surface area contributed by atoms with E-state index in [4.69, 9.17) is 21.1 Å². The van der Waals surface area contributed by atoms with E-state index in [1.807, 2.05) is 26.8 Å². The molecule has 30 heavy (non-hydrogen) atoms. The first-order chi connectivity index (χ1) is 14.2. The zero-order valence-electron chi connectivity index (χ0n) is 17.5. The third-order valence-electron chi connectivity index (χ3n) is 4.73. The highest BCUT2D eigenvalue weighted by Gasteiger charge is 2.24. The molecule has 0 saturated carbocycles. The van der Waals surface area contributed by atoms with Gasteiger partial charge in [-0.05, 0) is 62.9 Å². The van der Waals surface area contributed by atoms with E-state index >= 15 is 0 Å². The van der Waals surface area contributed by atoms with Crippen LogP contribution >= 0.6 is 11.6 Å². The fourth-order valence-corrected chi connectivity index (χ4v) is 3.28. The van der Waals surface area contributed by atoms with Crippen molar-refractivity contribution in [2.45, 2.75) is 40.7 Å². The number of carbonyl (C=O) groups excluding carboxylic acids is 1. The molecule has 0 aliphatic rings. The monoisotopic (exact) mass is 432 g/mol. The molecule has 0 atom stereocenters. The van der Waals surface area contributed by atoms with Crippen molar-refractivity contribution < 1.29 is 19.4 Å². The molecule has 0 amide bonds. The van der Waals surface area contributed by atoms with E-state index < -0.39 is 17.2 Å². The molecule has 0 bridgehead atoms. The Labute approximate surface area is 180 Å². The van der Waals surface area contributed by atoms with Crippen molar-refractivity contribution in [3.8, 4) is 17.7 Å². The number of ketones is 1. The van der Waals surface area contributed by atoms with E-state index in [2.05, 4.69) is 0 Å². The minimum atomic E-state index is -0.634. The normalized spacial score (nSPS) is 10.7. The highest BCUT2D eigenvalue weighted by molar-refractivity contribution is 6.32. The predicted octanol–water partition coefficient (Wildman–Crippen LogP) is 3.69. The van der Waals surface area contributed by atoms with Gasteiger partial charge < -0.3 is 14.6 Å². The second kappa shape index (κ2) is 10.3. The molecule has 0 spiro atoms. The fraction of sp³-hybridized carbons (Fsp3) is 0.409. The number of nitrogens with zero attached hydrogens (tertiary/aromatic N) is 2. The number of aryl methyl sites for hydroxylation is 2. The SMILES string of the molecule is CCOCCCn1c(O)c(C(=O)COc2cc(C)c(Cl)c(C)c2)c(C)c(C#N)c1=O. The maximum absolute atomic E-state index is 12.8. The van der Waals surface area contributed by atoms with Crippen LogP contribution in [-0.2, 0) is 11.3 Å². The van der Waals surface area contributed by atoms with Crippen molar-refractivity contribution in [2.24, 2.45) is 0 Å². The Morgan fingerprint density at radius 1 is 1.27 bits per heavy atom. The van der Waals surface area contributed by atoms with Crippen LogP contribution in [0.4, 0.5) is 0 Å². The number of benzene rings is 1. The number of pyridine rings is 1. The van der Waals surface area contributed by atoms with Gasteiger partial charge in [0.2, 0.25) is 11.7 Å². The molecular weight excluding hydrogens is 408 g/mol. The molecule has 1 heterocycles. The van der Waals surface area contributed by atoms with Gasteiger partial charge in [-0.2, -0.15) is 5.26 Å². The number of nitriles is 1. The number of aromatic nitrogens is 1. The summed E-state index contributed by atoms with van der Waals surface area (Å²) in [5.41, 5.74) is 0.861. The van der Waals surface area contributed by atoms with E-state index in [-0.39, 0.29) is 29.8 Å². The highest BCUT2D eigenvalue weighted by Crippen LogP contribution is 2.27. The molecular formula is C22H25ClN2O5. The minimum absolute atomic E-state index is 0.0926. The predicted molar refractivity (Wildman–Crippen MR) is 114 cm³/mol. The van der Waals surface area contributed by atoms with Crippen molar-refractivity contribution in [1.82, 2.24) is 4.57 Å². The number of hydrogen-bond acceptors (Lipinski definition) is 6. The average molecular weight is 433 g/mol. The van der Waals surface area contributed by atoms with Crippen LogP contribution in [0.2, 0.25) is 5.02 Å². The number of aromatic hydroxyl groups is 1. The third kappa shape index (κ3) is 5.02. The van der Waals surface area contributed by atoms with Crippen LogP contribution in [-0.4, -0.2) is 35.3 Å². The van der Waals surface area contributed by atoms with Crippen molar-refractivity contribution in [3.63, 3.8) is 0 Å². The number of halogens is 1. The first-order valence-electron chi connectivity index (χ1n) is 9.59. The lowest BCUT2D eigenvalue weighted by Gasteiger charge is -2.16. The topological polar surface area (TPSA) is 102 Å². The van der Waals surface area contributed by atoms with Gasteiger partial charge in [-0.15, -0.1) is 0 Å². The van der Waals surface area contributed by atoms with Crippen LogP contribution in [0.5, 0.6) is 11.6 Å². The van der Waals surface area contributed by atoms with Gasteiger partial charge in [0, 0.05) is 24.8 Å². The molecule has 160 valence electrons. The van der Waals surface area contributed by atoms with Gasteiger partial charge in [-0.3, -0.25) is 14.2 Å². The van der Waals surface area contributed by atoms with Gasteiger partial charge in [0.15, 0.2) is 6.61 Å². The molecule has 8 heteroatoms. The summed E-state index contributed by atoms with van der Waals surface area (Å²) in [4.78, 5) is 25.4. The number of rotatable bonds is 9. The van der Waals surface area contributed by atoms with Crippen molar-refractivity contribution in [1.29, 1.82) is 5.26 Å². The van der Waals surface area contributed by atoms with Crippen LogP contribution in [0, 0.1) is 32.1 Å². The summed E-state index contributed by atoms with van der Waals surface area (Å²) in [6, 6.07) is 5.27. The second-order valence-electron chi connectivity index (χ2n) is 6.90. The Morgan fingerprint density at radius 3 is 2.47 bits per heavy atom. The Morgan fingerprint density at radius 2 is 1.90 bits per heavy atom. The third-order valence-corrected chi connectivity index (χ3v) is 5.33. The van der Waals surface area contributed by atoms with Crippen molar-refractivity contribution in [2.75, 3.05) is 19.8 Å². The van der Waals surface area contributed by atoms with Gasteiger partial charge in [0.25, 0.3) is 5.56 Å². The van der Waals surface area contributed by atoms with Crippen molar-refractivity contribution >= 4 is 17.4 Å². The zero-order chi connectivity index (χ0) is 22.4. The molecule has 1 aromatic carbocycles. The van der Waals surface area contributed by atoms with Crippen LogP contribution in [0.25, 0.3) is 0 Å². The summed E-state index contributed by atoms with van der Waals surface area (Å²) < 4.78 is 11.9. The molecule has 2 aromatic rings. The molecule has 0 saturated heterocycles. The summed E-state index contributed by atoms with van der Waals surface area (Å²) >= 11 is 6.15. The zero-order valence-corrected chi connectivity index (χ0v) is 18.3. The summed E-state index contributed by atoms with van der Waals surface area (Å²) in [7, 11) is 0. The average Bonchev–Trinajstić information content (AvgIpc) is 2.70. The maximum Gasteiger partial charge on any atom is 0.271 e. The maximum atomic E-state index is 12.8. The number of hydrogen-bond donors (Lipinski definition) is 1. The van der Waals surface area contributed by atoms with Gasteiger partial charge >= 0.3 is 0 Å². The van der Waals surface area contributed by atoms with E-state index in [1.165, 1.54) is 6.92 Å². The molecule has 2 rings (SSSR count). The molecule has 7 nitrogen and oxygen atoms in total. The van der Waals surface area contributed by atoms with Gasteiger partial charge in [-0.25, -0.2) is 0 Å². The molecule has 0 fully saturated rings. The molecule has 0 unspecified atom stereocenters. The van der Waals surface area contributed by atoms with E-state index in [9.17, 15) is 20.0 Å². The van der Waals surface area contributed by atoms with Gasteiger partial charge in [0.05, 0.1) is 5.56 Å². The lowest BCUT2D eigenvalue weighted by molar-refractivity contribution is 0.0916. The van der Waals surface area contributed by atoms with E-state index in [1.54, 1.807) is 12.1 Å². The number of carbonyl (C=O) groups is 1.